The fourth-order valence-electron chi connectivity index (χ4n) is 3.09. The molecule has 1 atom stereocenters. The fourth-order valence-corrected chi connectivity index (χ4v) is 3.09. The van der Waals surface area contributed by atoms with Crippen LogP contribution in [-0.4, -0.2) is 36.2 Å². The molecule has 1 saturated heterocycles. The molecule has 3 nitrogen and oxygen atoms in total. The van der Waals surface area contributed by atoms with Crippen LogP contribution >= 0.6 is 0 Å². The van der Waals surface area contributed by atoms with Crippen LogP contribution in [0.5, 0.6) is 5.75 Å². The SMILES string of the molecule is Cc1ccc([C@@H](CC2CC2)N2CCNCC2)c(O)c1F. The lowest BCUT2D eigenvalue weighted by Crippen LogP contribution is -2.45. The summed E-state index contributed by atoms with van der Waals surface area (Å²) < 4.78 is 14.0. The fraction of sp³-hybridized carbons (Fsp3) is 0.625. The summed E-state index contributed by atoms with van der Waals surface area (Å²) in [5, 5.41) is 13.5. The predicted octanol–water partition coefficient (Wildman–Crippen LogP) is 2.59. The molecule has 0 aromatic heterocycles. The minimum absolute atomic E-state index is 0.144. The topological polar surface area (TPSA) is 35.5 Å². The number of rotatable bonds is 4. The third kappa shape index (κ3) is 2.81. The molecule has 0 amide bonds. The summed E-state index contributed by atoms with van der Waals surface area (Å²) in [6.45, 7) is 5.56. The molecule has 4 heteroatoms. The van der Waals surface area contributed by atoms with E-state index in [1.165, 1.54) is 12.8 Å². The zero-order valence-electron chi connectivity index (χ0n) is 12.0. The summed E-state index contributed by atoms with van der Waals surface area (Å²) in [5.74, 6) is 0.145. The number of piperazine rings is 1. The Balaban J connectivity index is 1.89. The molecule has 0 radical (unpaired) electrons. The van der Waals surface area contributed by atoms with Crippen LogP contribution in [0.3, 0.4) is 0 Å². The average Bonchev–Trinajstić information content (AvgIpc) is 3.28. The van der Waals surface area contributed by atoms with E-state index in [0.29, 0.717) is 5.56 Å². The molecule has 0 spiro atoms. The zero-order chi connectivity index (χ0) is 14.1. The number of hydrogen-bond acceptors (Lipinski definition) is 3. The van der Waals surface area contributed by atoms with Gasteiger partial charge in [-0.2, -0.15) is 0 Å². The molecule has 0 unspecified atom stereocenters. The van der Waals surface area contributed by atoms with Crippen LogP contribution in [-0.2, 0) is 0 Å². The first-order valence-electron chi connectivity index (χ1n) is 7.59. The van der Waals surface area contributed by atoms with E-state index in [-0.39, 0.29) is 11.8 Å². The Morgan fingerprint density at radius 1 is 1.35 bits per heavy atom. The molecule has 110 valence electrons. The number of nitrogens with zero attached hydrogens (tertiary/aromatic N) is 1. The molecule has 1 aromatic carbocycles. The van der Waals surface area contributed by atoms with Crippen molar-refractivity contribution in [1.29, 1.82) is 0 Å². The van der Waals surface area contributed by atoms with Gasteiger partial charge in [-0.15, -0.1) is 0 Å². The Bertz CT molecular complexity index is 482. The predicted molar refractivity (Wildman–Crippen MR) is 77.3 cm³/mol. The van der Waals surface area contributed by atoms with Crippen molar-refractivity contribution in [1.82, 2.24) is 10.2 Å². The van der Waals surface area contributed by atoms with Gasteiger partial charge in [0, 0.05) is 37.8 Å². The number of phenolic OH excluding ortho intramolecular Hbond substituents is 1. The molecule has 1 aromatic rings. The normalized spacial score (nSPS) is 21.9. The largest absolute Gasteiger partial charge is 0.505 e. The van der Waals surface area contributed by atoms with Crippen LogP contribution in [0.25, 0.3) is 0 Å². The summed E-state index contributed by atoms with van der Waals surface area (Å²) in [7, 11) is 0. The van der Waals surface area contributed by atoms with Gasteiger partial charge in [0.1, 0.15) is 0 Å². The number of nitrogens with one attached hydrogen (secondary N) is 1. The highest BCUT2D eigenvalue weighted by molar-refractivity contribution is 5.40. The molecule has 2 aliphatic rings. The quantitative estimate of drug-likeness (QED) is 0.888. The Labute approximate surface area is 119 Å². The van der Waals surface area contributed by atoms with Crippen molar-refractivity contribution in [2.45, 2.75) is 32.2 Å². The first-order valence-corrected chi connectivity index (χ1v) is 7.59. The summed E-state index contributed by atoms with van der Waals surface area (Å²) in [6, 6.07) is 3.84. The van der Waals surface area contributed by atoms with E-state index in [1.54, 1.807) is 13.0 Å². The van der Waals surface area contributed by atoms with Gasteiger partial charge in [0.05, 0.1) is 0 Å². The van der Waals surface area contributed by atoms with Gasteiger partial charge in [0.2, 0.25) is 0 Å². The van der Waals surface area contributed by atoms with Gasteiger partial charge < -0.3 is 10.4 Å². The van der Waals surface area contributed by atoms with Crippen molar-refractivity contribution in [3.8, 4) is 5.75 Å². The lowest BCUT2D eigenvalue weighted by molar-refractivity contribution is 0.157. The number of benzene rings is 1. The van der Waals surface area contributed by atoms with E-state index in [4.69, 9.17) is 0 Å². The highest BCUT2D eigenvalue weighted by atomic mass is 19.1. The maximum atomic E-state index is 14.0. The summed E-state index contributed by atoms with van der Waals surface area (Å²) in [6.07, 6.45) is 3.59. The van der Waals surface area contributed by atoms with Crippen LogP contribution in [0, 0.1) is 18.7 Å². The van der Waals surface area contributed by atoms with Gasteiger partial charge in [0.15, 0.2) is 11.6 Å². The summed E-state index contributed by atoms with van der Waals surface area (Å²) in [5.41, 5.74) is 1.28. The van der Waals surface area contributed by atoms with Crippen LogP contribution in [0.2, 0.25) is 0 Å². The molecular formula is C16H23FN2O. The molecule has 0 bridgehead atoms. The Hall–Kier alpha value is -1.13. The van der Waals surface area contributed by atoms with Crippen molar-refractivity contribution in [2.75, 3.05) is 26.2 Å². The van der Waals surface area contributed by atoms with E-state index < -0.39 is 5.82 Å². The van der Waals surface area contributed by atoms with E-state index in [0.717, 1.165) is 44.1 Å². The van der Waals surface area contributed by atoms with Crippen LogP contribution < -0.4 is 5.32 Å². The number of aromatic hydroxyl groups is 1. The standard InChI is InChI=1S/C16H23FN2O/c1-11-2-5-13(16(20)15(11)17)14(10-12-3-4-12)19-8-6-18-7-9-19/h2,5,12,14,18,20H,3-4,6-10H2,1H3/t14-/m1/s1. The number of phenols is 1. The Morgan fingerprint density at radius 3 is 2.70 bits per heavy atom. The molecule has 2 N–H and O–H groups in total. The molecule has 20 heavy (non-hydrogen) atoms. The first kappa shape index (κ1) is 13.8. The minimum atomic E-state index is -0.460. The van der Waals surface area contributed by atoms with Gasteiger partial charge in [-0.3, -0.25) is 4.90 Å². The number of halogens is 1. The van der Waals surface area contributed by atoms with Crippen LogP contribution in [0.15, 0.2) is 12.1 Å². The monoisotopic (exact) mass is 278 g/mol. The van der Waals surface area contributed by atoms with E-state index in [1.807, 2.05) is 6.07 Å². The van der Waals surface area contributed by atoms with Crippen LogP contribution in [0.1, 0.15) is 36.4 Å². The van der Waals surface area contributed by atoms with E-state index in [9.17, 15) is 9.50 Å². The second-order valence-electron chi connectivity index (χ2n) is 6.12. The average molecular weight is 278 g/mol. The third-order valence-electron chi connectivity index (χ3n) is 4.55. The lowest BCUT2D eigenvalue weighted by Gasteiger charge is -2.35. The van der Waals surface area contributed by atoms with Gasteiger partial charge in [-0.05, 0) is 24.8 Å². The van der Waals surface area contributed by atoms with Gasteiger partial charge >= 0.3 is 0 Å². The van der Waals surface area contributed by atoms with Crippen molar-refractivity contribution in [3.05, 3.63) is 29.1 Å². The Morgan fingerprint density at radius 2 is 2.05 bits per heavy atom. The van der Waals surface area contributed by atoms with Crippen molar-refractivity contribution in [3.63, 3.8) is 0 Å². The zero-order valence-corrected chi connectivity index (χ0v) is 12.0. The van der Waals surface area contributed by atoms with Crippen LogP contribution in [0.4, 0.5) is 4.39 Å². The summed E-state index contributed by atoms with van der Waals surface area (Å²) >= 11 is 0. The molecule has 1 aliphatic carbocycles. The smallest absolute Gasteiger partial charge is 0.168 e. The van der Waals surface area contributed by atoms with Gasteiger partial charge in [-0.25, -0.2) is 4.39 Å². The molecule has 1 heterocycles. The second kappa shape index (κ2) is 5.70. The highest BCUT2D eigenvalue weighted by Gasteiger charge is 2.32. The van der Waals surface area contributed by atoms with Crippen molar-refractivity contribution in [2.24, 2.45) is 5.92 Å². The lowest BCUT2D eigenvalue weighted by atomic mass is 9.96. The summed E-state index contributed by atoms with van der Waals surface area (Å²) in [4.78, 5) is 2.39. The van der Waals surface area contributed by atoms with Gasteiger partial charge in [0.25, 0.3) is 0 Å². The molecular weight excluding hydrogens is 255 g/mol. The maximum Gasteiger partial charge on any atom is 0.168 e. The molecule has 1 saturated carbocycles. The first-order chi connectivity index (χ1) is 9.66. The van der Waals surface area contributed by atoms with Crippen molar-refractivity contribution >= 4 is 0 Å². The van der Waals surface area contributed by atoms with Crippen molar-refractivity contribution < 1.29 is 9.50 Å². The minimum Gasteiger partial charge on any atom is -0.505 e. The maximum absolute atomic E-state index is 14.0. The van der Waals surface area contributed by atoms with E-state index in [2.05, 4.69) is 10.2 Å². The second-order valence-corrected chi connectivity index (χ2v) is 6.12. The molecule has 1 aliphatic heterocycles. The molecule has 2 fully saturated rings. The van der Waals surface area contributed by atoms with E-state index >= 15 is 0 Å². The third-order valence-corrected chi connectivity index (χ3v) is 4.55. The highest BCUT2D eigenvalue weighted by Crippen LogP contribution is 2.43. The van der Waals surface area contributed by atoms with Gasteiger partial charge in [-0.1, -0.05) is 25.0 Å². The number of aryl methyl sites for hydroxylation is 1. The molecule has 3 rings (SSSR count). The Kier molecular flexibility index (Phi) is 3.94. The number of hydrogen-bond donors (Lipinski definition) is 2.